The summed E-state index contributed by atoms with van der Waals surface area (Å²) < 4.78 is 0. The monoisotopic (exact) mass is 249 g/mol. The number of phenolic OH excluding ortho intramolecular Hbond substituents is 1. The SMILES string of the molecule is CC(C)CC(O)CNC1CCc2c(O)cccc21. The van der Waals surface area contributed by atoms with Gasteiger partial charge in [0.05, 0.1) is 6.10 Å². The minimum absolute atomic E-state index is 0.272. The van der Waals surface area contributed by atoms with Crippen molar-refractivity contribution in [1.29, 1.82) is 0 Å². The zero-order valence-electron chi connectivity index (χ0n) is 11.2. The number of benzene rings is 1. The molecule has 3 N–H and O–H groups in total. The average Bonchev–Trinajstić information content (AvgIpc) is 2.70. The highest BCUT2D eigenvalue weighted by Crippen LogP contribution is 2.36. The van der Waals surface area contributed by atoms with Crippen LogP contribution in [0.2, 0.25) is 0 Å². The first-order valence-electron chi connectivity index (χ1n) is 6.80. The van der Waals surface area contributed by atoms with E-state index in [-0.39, 0.29) is 12.1 Å². The first-order valence-corrected chi connectivity index (χ1v) is 6.80. The quantitative estimate of drug-likeness (QED) is 0.751. The van der Waals surface area contributed by atoms with Crippen molar-refractivity contribution in [2.45, 2.75) is 45.3 Å². The fourth-order valence-corrected chi connectivity index (χ4v) is 2.75. The summed E-state index contributed by atoms with van der Waals surface area (Å²) in [6.07, 6.45) is 2.46. The first kappa shape index (κ1) is 13.4. The molecule has 0 radical (unpaired) electrons. The molecule has 2 unspecified atom stereocenters. The van der Waals surface area contributed by atoms with Gasteiger partial charge in [0.2, 0.25) is 0 Å². The van der Waals surface area contributed by atoms with Crippen molar-refractivity contribution < 1.29 is 10.2 Å². The summed E-state index contributed by atoms with van der Waals surface area (Å²) in [5, 5.41) is 23.0. The summed E-state index contributed by atoms with van der Waals surface area (Å²) in [6.45, 7) is 4.86. The second-order valence-electron chi connectivity index (χ2n) is 5.63. The molecule has 0 amide bonds. The number of aromatic hydroxyl groups is 1. The smallest absolute Gasteiger partial charge is 0.119 e. The molecule has 1 aliphatic rings. The zero-order chi connectivity index (χ0) is 13.1. The van der Waals surface area contributed by atoms with Crippen molar-refractivity contribution in [3.63, 3.8) is 0 Å². The lowest BCUT2D eigenvalue weighted by atomic mass is 10.0. The molecular formula is C15H23NO2. The van der Waals surface area contributed by atoms with Crippen molar-refractivity contribution in [3.05, 3.63) is 29.3 Å². The Bertz CT molecular complexity index is 403. The van der Waals surface area contributed by atoms with Crippen molar-refractivity contribution in [1.82, 2.24) is 5.32 Å². The minimum Gasteiger partial charge on any atom is -0.508 e. The van der Waals surface area contributed by atoms with Gasteiger partial charge in [-0.3, -0.25) is 0 Å². The second-order valence-corrected chi connectivity index (χ2v) is 5.63. The maximum Gasteiger partial charge on any atom is 0.119 e. The lowest BCUT2D eigenvalue weighted by Gasteiger charge is -2.18. The number of hydrogen-bond donors (Lipinski definition) is 3. The highest BCUT2D eigenvalue weighted by atomic mass is 16.3. The number of aliphatic hydroxyl groups excluding tert-OH is 1. The molecule has 1 aromatic carbocycles. The van der Waals surface area contributed by atoms with Crippen molar-refractivity contribution in [3.8, 4) is 5.75 Å². The Labute approximate surface area is 109 Å². The third-order valence-corrected chi connectivity index (χ3v) is 3.59. The lowest BCUT2D eigenvalue weighted by Crippen LogP contribution is -2.30. The Hall–Kier alpha value is -1.06. The number of nitrogens with one attached hydrogen (secondary N) is 1. The van der Waals surface area contributed by atoms with Gasteiger partial charge in [0, 0.05) is 12.6 Å². The largest absolute Gasteiger partial charge is 0.508 e. The van der Waals surface area contributed by atoms with Gasteiger partial charge in [0.25, 0.3) is 0 Å². The molecule has 3 nitrogen and oxygen atoms in total. The van der Waals surface area contributed by atoms with Crippen LogP contribution in [-0.2, 0) is 6.42 Å². The van der Waals surface area contributed by atoms with E-state index in [9.17, 15) is 10.2 Å². The second kappa shape index (κ2) is 5.72. The Kier molecular flexibility index (Phi) is 4.25. The minimum atomic E-state index is -0.286. The molecule has 0 heterocycles. The van der Waals surface area contributed by atoms with Crippen molar-refractivity contribution in [2.75, 3.05) is 6.54 Å². The fraction of sp³-hybridized carbons (Fsp3) is 0.600. The van der Waals surface area contributed by atoms with Crippen LogP contribution in [0, 0.1) is 5.92 Å². The molecule has 100 valence electrons. The summed E-state index contributed by atoms with van der Waals surface area (Å²) >= 11 is 0. The van der Waals surface area contributed by atoms with E-state index in [1.54, 1.807) is 6.07 Å². The maximum atomic E-state index is 9.87. The van der Waals surface area contributed by atoms with Gasteiger partial charge in [-0.2, -0.15) is 0 Å². The van der Waals surface area contributed by atoms with Crippen LogP contribution in [0.4, 0.5) is 0 Å². The van der Waals surface area contributed by atoms with Crippen LogP contribution < -0.4 is 5.32 Å². The van der Waals surface area contributed by atoms with Gasteiger partial charge in [0.15, 0.2) is 0 Å². The molecular weight excluding hydrogens is 226 g/mol. The molecule has 1 aromatic rings. The predicted octanol–water partition coefficient (Wildman–Crippen LogP) is 2.38. The Morgan fingerprint density at radius 3 is 2.89 bits per heavy atom. The molecule has 2 atom stereocenters. The van der Waals surface area contributed by atoms with Crippen LogP contribution in [0.5, 0.6) is 5.75 Å². The summed E-state index contributed by atoms with van der Waals surface area (Å²) in [7, 11) is 0. The molecule has 0 bridgehead atoms. The molecule has 18 heavy (non-hydrogen) atoms. The molecule has 0 aliphatic heterocycles. The number of hydrogen-bond acceptors (Lipinski definition) is 3. The first-order chi connectivity index (χ1) is 8.58. The zero-order valence-corrected chi connectivity index (χ0v) is 11.2. The van der Waals surface area contributed by atoms with E-state index in [0.717, 1.165) is 24.8 Å². The van der Waals surface area contributed by atoms with E-state index in [4.69, 9.17) is 0 Å². The molecule has 0 spiro atoms. The molecule has 0 aromatic heterocycles. The highest BCUT2D eigenvalue weighted by Gasteiger charge is 2.24. The van der Waals surface area contributed by atoms with Gasteiger partial charge in [-0.05, 0) is 42.4 Å². The Morgan fingerprint density at radius 2 is 2.17 bits per heavy atom. The van der Waals surface area contributed by atoms with Crippen LogP contribution in [-0.4, -0.2) is 22.9 Å². The highest BCUT2D eigenvalue weighted by molar-refractivity contribution is 5.44. The lowest BCUT2D eigenvalue weighted by molar-refractivity contribution is 0.142. The molecule has 3 heteroatoms. The number of aliphatic hydroxyl groups is 1. The van der Waals surface area contributed by atoms with Gasteiger partial charge in [-0.25, -0.2) is 0 Å². The van der Waals surface area contributed by atoms with Gasteiger partial charge >= 0.3 is 0 Å². The number of rotatable bonds is 5. The third-order valence-electron chi connectivity index (χ3n) is 3.59. The maximum absolute atomic E-state index is 9.87. The van der Waals surface area contributed by atoms with Crippen LogP contribution in [0.1, 0.15) is 43.9 Å². The van der Waals surface area contributed by atoms with Gasteiger partial charge in [-0.15, -0.1) is 0 Å². The van der Waals surface area contributed by atoms with E-state index in [0.29, 0.717) is 18.2 Å². The summed E-state index contributed by atoms with van der Waals surface area (Å²) in [6, 6.07) is 5.97. The van der Waals surface area contributed by atoms with E-state index < -0.39 is 0 Å². The van der Waals surface area contributed by atoms with Gasteiger partial charge in [-0.1, -0.05) is 26.0 Å². The Morgan fingerprint density at radius 1 is 1.39 bits per heavy atom. The summed E-state index contributed by atoms with van der Waals surface area (Å²) in [5.74, 6) is 0.918. The normalized spacial score (nSPS) is 20.1. The van der Waals surface area contributed by atoms with E-state index in [1.807, 2.05) is 6.07 Å². The molecule has 0 fully saturated rings. The van der Waals surface area contributed by atoms with E-state index in [1.165, 1.54) is 5.56 Å². The summed E-state index contributed by atoms with van der Waals surface area (Å²) in [4.78, 5) is 0. The van der Waals surface area contributed by atoms with Crippen LogP contribution in [0.15, 0.2) is 18.2 Å². The van der Waals surface area contributed by atoms with E-state index in [2.05, 4.69) is 25.2 Å². The van der Waals surface area contributed by atoms with E-state index >= 15 is 0 Å². The molecule has 0 saturated carbocycles. The topological polar surface area (TPSA) is 52.5 Å². The van der Waals surface area contributed by atoms with Crippen LogP contribution >= 0.6 is 0 Å². The predicted molar refractivity (Wildman–Crippen MR) is 72.6 cm³/mol. The van der Waals surface area contributed by atoms with Crippen LogP contribution in [0.3, 0.4) is 0 Å². The Balaban J connectivity index is 1.92. The number of fused-ring (bicyclic) bond motifs is 1. The molecule has 0 saturated heterocycles. The van der Waals surface area contributed by atoms with Crippen molar-refractivity contribution in [2.24, 2.45) is 5.92 Å². The third kappa shape index (κ3) is 3.03. The van der Waals surface area contributed by atoms with Crippen molar-refractivity contribution >= 4 is 0 Å². The standard InChI is InChI=1S/C15H23NO2/c1-10(2)8-11(17)9-16-14-7-6-13-12(14)4-3-5-15(13)18/h3-5,10-11,14,16-18H,6-9H2,1-2H3. The average molecular weight is 249 g/mol. The van der Waals surface area contributed by atoms with Gasteiger partial charge in [0.1, 0.15) is 5.75 Å². The summed E-state index contributed by atoms with van der Waals surface area (Å²) in [5.41, 5.74) is 2.25. The fourth-order valence-electron chi connectivity index (χ4n) is 2.75. The van der Waals surface area contributed by atoms with Gasteiger partial charge < -0.3 is 15.5 Å². The number of phenols is 1. The molecule has 2 rings (SSSR count). The molecule has 1 aliphatic carbocycles. The van der Waals surface area contributed by atoms with Crippen LogP contribution in [0.25, 0.3) is 0 Å².